The highest BCUT2D eigenvalue weighted by Crippen LogP contribution is 2.21. The standard InChI is InChI=1S/C13H20N4O4S/c1-13(2,3)21-12(19)17-7-5-16(6-8-17)10-9(11(18)20-4)14-22-15-10/h5-8H2,1-4H3. The summed E-state index contributed by atoms with van der Waals surface area (Å²) in [5, 5.41) is 0. The van der Waals surface area contributed by atoms with Gasteiger partial charge in [0.15, 0.2) is 5.82 Å². The van der Waals surface area contributed by atoms with E-state index in [0.29, 0.717) is 32.0 Å². The average Bonchev–Trinajstić information content (AvgIpc) is 2.94. The lowest BCUT2D eigenvalue weighted by molar-refractivity contribution is 0.0239. The van der Waals surface area contributed by atoms with Crippen molar-refractivity contribution in [2.75, 3.05) is 38.2 Å². The second kappa shape index (κ2) is 6.47. The topological polar surface area (TPSA) is 84.9 Å². The zero-order valence-electron chi connectivity index (χ0n) is 13.2. The van der Waals surface area contributed by atoms with Crippen LogP contribution in [0, 0.1) is 0 Å². The number of rotatable bonds is 2. The predicted molar refractivity (Wildman–Crippen MR) is 81.3 cm³/mol. The van der Waals surface area contributed by atoms with Crippen molar-refractivity contribution >= 4 is 29.6 Å². The van der Waals surface area contributed by atoms with Crippen molar-refractivity contribution < 1.29 is 19.1 Å². The fourth-order valence-electron chi connectivity index (χ4n) is 2.04. The Morgan fingerprint density at radius 3 is 2.32 bits per heavy atom. The lowest BCUT2D eigenvalue weighted by Gasteiger charge is -2.35. The van der Waals surface area contributed by atoms with Crippen molar-refractivity contribution in [3.8, 4) is 0 Å². The van der Waals surface area contributed by atoms with Crippen molar-refractivity contribution in [1.82, 2.24) is 13.6 Å². The molecule has 0 saturated carbocycles. The summed E-state index contributed by atoms with van der Waals surface area (Å²) in [6.07, 6.45) is -0.322. The maximum Gasteiger partial charge on any atom is 0.410 e. The molecule has 2 rings (SSSR count). The van der Waals surface area contributed by atoms with Gasteiger partial charge in [-0.3, -0.25) is 0 Å². The molecule has 22 heavy (non-hydrogen) atoms. The third-order valence-corrected chi connectivity index (χ3v) is 3.60. The molecule has 1 amide bonds. The largest absolute Gasteiger partial charge is 0.464 e. The minimum absolute atomic E-state index is 0.221. The van der Waals surface area contributed by atoms with Gasteiger partial charge in [-0.1, -0.05) is 0 Å². The summed E-state index contributed by atoms with van der Waals surface area (Å²) in [4.78, 5) is 27.2. The highest BCUT2D eigenvalue weighted by atomic mass is 32.1. The monoisotopic (exact) mass is 328 g/mol. The summed E-state index contributed by atoms with van der Waals surface area (Å²) in [6.45, 7) is 7.66. The molecule has 1 fully saturated rings. The third-order valence-electron chi connectivity index (χ3n) is 3.08. The molecular formula is C13H20N4O4S. The second-order valence-corrected chi connectivity index (χ2v) is 6.41. The number of piperazine rings is 1. The fraction of sp³-hybridized carbons (Fsp3) is 0.692. The molecule has 1 aliphatic rings. The van der Waals surface area contributed by atoms with E-state index in [2.05, 4.69) is 8.75 Å². The van der Waals surface area contributed by atoms with Crippen molar-refractivity contribution in [3.63, 3.8) is 0 Å². The van der Waals surface area contributed by atoms with Gasteiger partial charge >= 0.3 is 12.1 Å². The van der Waals surface area contributed by atoms with E-state index < -0.39 is 11.6 Å². The van der Waals surface area contributed by atoms with Crippen LogP contribution in [0.25, 0.3) is 0 Å². The number of esters is 1. The molecule has 0 N–H and O–H groups in total. The van der Waals surface area contributed by atoms with Gasteiger partial charge in [-0.05, 0) is 20.8 Å². The number of aromatic nitrogens is 2. The molecule has 1 aromatic heterocycles. The number of ether oxygens (including phenoxy) is 2. The van der Waals surface area contributed by atoms with E-state index in [4.69, 9.17) is 9.47 Å². The van der Waals surface area contributed by atoms with Gasteiger partial charge in [-0.25, -0.2) is 9.59 Å². The Morgan fingerprint density at radius 2 is 1.77 bits per heavy atom. The minimum Gasteiger partial charge on any atom is -0.464 e. The van der Waals surface area contributed by atoms with Gasteiger partial charge in [0.1, 0.15) is 5.60 Å². The number of nitrogens with zero attached hydrogens (tertiary/aromatic N) is 4. The van der Waals surface area contributed by atoms with Crippen LogP contribution in [0.5, 0.6) is 0 Å². The van der Waals surface area contributed by atoms with Crippen LogP contribution in [0.3, 0.4) is 0 Å². The number of carbonyl (C=O) groups excluding carboxylic acids is 2. The van der Waals surface area contributed by atoms with Crippen LogP contribution < -0.4 is 4.90 Å². The maximum absolute atomic E-state index is 12.0. The number of hydrogen-bond acceptors (Lipinski definition) is 8. The van der Waals surface area contributed by atoms with Crippen molar-refractivity contribution in [3.05, 3.63) is 5.69 Å². The van der Waals surface area contributed by atoms with Crippen molar-refractivity contribution in [2.45, 2.75) is 26.4 Å². The summed E-state index contributed by atoms with van der Waals surface area (Å²) in [6, 6.07) is 0. The van der Waals surface area contributed by atoms with Crippen molar-refractivity contribution in [2.24, 2.45) is 0 Å². The Kier molecular flexibility index (Phi) is 4.84. The zero-order valence-corrected chi connectivity index (χ0v) is 14.0. The lowest BCUT2D eigenvalue weighted by atomic mass is 10.2. The number of carbonyl (C=O) groups is 2. The molecule has 1 saturated heterocycles. The first-order valence-electron chi connectivity index (χ1n) is 6.95. The molecule has 0 atom stereocenters. The maximum atomic E-state index is 12.0. The van der Waals surface area contributed by atoms with Gasteiger partial charge in [0.25, 0.3) is 0 Å². The summed E-state index contributed by atoms with van der Waals surface area (Å²) in [5.74, 6) is 0.0130. The second-order valence-electron chi connectivity index (χ2n) is 5.88. The van der Waals surface area contributed by atoms with Crippen LogP contribution in [-0.2, 0) is 9.47 Å². The number of amides is 1. The summed E-state index contributed by atoms with van der Waals surface area (Å²) in [5.41, 5.74) is -0.288. The Morgan fingerprint density at radius 1 is 1.14 bits per heavy atom. The minimum atomic E-state index is -0.509. The summed E-state index contributed by atoms with van der Waals surface area (Å²) < 4.78 is 18.2. The fourth-order valence-corrected chi connectivity index (χ4v) is 2.60. The van der Waals surface area contributed by atoms with E-state index in [1.807, 2.05) is 25.7 Å². The molecule has 2 heterocycles. The van der Waals surface area contributed by atoms with Crippen LogP contribution in [0.4, 0.5) is 10.6 Å². The summed E-state index contributed by atoms with van der Waals surface area (Å²) in [7, 11) is 1.31. The molecule has 9 heteroatoms. The predicted octanol–water partition coefficient (Wildman–Crippen LogP) is 1.38. The SMILES string of the molecule is COC(=O)c1nsnc1N1CCN(C(=O)OC(C)(C)C)CC1. The van der Waals surface area contributed by atoms with Crippen LogP contribution in [0.2, 0.25) is 0 Å². The Labute approximate surface area is 133 Å². The Hall–Kier alpha value is -1.90. The lowest BCUT2D eigenvalue weighted by Crippen LogP contribution is -2.50. The molecule has 1 aromatic rings. The average molecular weight is 328 g/mol. The van der Waals surface area contributed by atoms with Gasteiger partial charge in [-0.2, -0.15) is 8.75 Å². The van der Waals surface area contributed by atoms with E-state index >= 15 is 0 Å². The van der Waals surface area contributed by atoms with Gasteiger partial charge in [0.2, 0.25) is 5.69 Å². The first kappa shape index (κ1) is 16.5. The highest BCUT2D eigenvalue weighted by molar-refractivity contribution is 6.99. The van der Waals surface area contributed by atoms with Gasteiger partial charge in [0, 0.05) is 26.2 Å². The number of anilines is 1. The third kappa shape index (κ3) is 3.85. The molecule has 0 aromatic carbocycles. The van der Waals surface area contributed by atoms with E-state index in [1.165, 1.54) is 7.11 Å². The zero-order chi connectivity index (χ0) is 16.3. The van der Waals surface area contributed by atoms with Crippen LogP contribution in [0.15, 0.2) is 0 Å². The molecule has 0 radical (unpaired) electrons. The molecule has 8 nitrogen and oxygen atoms in total. The normalized spacial score (nSPS) is 15.6. The quantitative estimate of drug-likeness (QED) is 0.758. The van der Waals surface area contributed by atoms with Gasteiger partial charge in [0.05, 0.1) is 18.8 Å². The molecule has 0 bridgehead atoms. The van der Waals surface area contributed by atoms with Crippen molar-refractivity contribution in [1.29, 1.82) is 0 Å². The molecule has 122 valence electrons. The highest BCUT2D eigenvalue weighted by Gasteiger charge is 2.29. The van der Waals surface area contributed by atoms with Gasteiger partial charge in [-0.15, -0.1) is 0 Å². The molecule has 0 spiro atoms. The summed E-state index contributed by atoms with van der Waals surface area (Å²) >= 11 is 0.971. The van der Waals surface area contributed by atoms with Crippen LogP contribution >= 0.6 is 11.7 Å². The Balaban J connectivity index is 1.97. The molecule has 1 aliphatic heterocycles. The molecule has 0 unspecified atom stereocenters. The van der Waals surface area contributed by atoms with E-state index in [1.54, 1.807) is 4.90 Å². The van der Waals surface area contributed by atoms with Gasteiger partial charge < -0.3 is 19.3 Å². The van der Waals surface area contributed by atoms with E-state index in [9.17, 15) is 9.59 Å². The first-order chi connectivity index (χ1) is 10.3. The smallest absolute Gasteiger partial charge is 0.410 e. The van der Waals surface area contributed by atoms with E-state index in [-0.39, 0.29) is 11.8 Å². The number of methoxy groups -OCH3 is 1. The van der Waals surface area contributed by atoms with Crippen LogP contribution in [-0.4, -0.2) is 64.6 Å². The molecular weight excluding hydrogens is 308 g/mol. The molecule has 0 aliphatic carbocycles. The van der Waals surface area contributed by atoms with E-state index in [0.717, 1.165) is 11.7 Å². The number of hydrogen-bond donors (Lipinski definition) is 0. The first-order valence-corrected chi connectivity index (χ1v) is 7.68. The van der Waals surface area contributed by atoms with Crippen LogP contribution in [0.1, 0.15) is 31.3 Å². The Bertz CT molecular complexity index is 546.